The van der Waals surface area contributed by atoms with Crippen molar-refractivity contribution in [1.29, 1.82) is 0 Å². The number of hydrogen-bond acceptors (Lipinski definition) is 4. The molecule has 4 aromatic rings. The summed E-state index contributed by atoms with van der Waals surface area (Å²) < 4.78 is 0. The second-order valence-corrected chi connectivity index (χ2v) is 7.92. The third-order valence-electron chi connectivity index (χ3n) is 4.88. The van der Waals surface area contributed by atoms with E-state index in [4.69, 9.17) is 0 Å². The number of pyridine rings is 1. The Bertz CT molecular complexity index is 1080. The highest BCUT2D eigenvalue weighted by Gasteiger charge is 2.22. The van der Waals surface area contributed by atoms with Crippen LogP contribution in [0.5, 0.6) is 5.75 Å². The molecule has 2 N–H and O–H groups in total. The van der Waals surface area contributed by atoms with Crippen LogP contribution >= 0.6 is 11.3 Å². The van der Waals surface area contributed by atoms with E-state index in [1.165, 1.54) is 16.7 Å². The number of thiophene rings is 1. The molecule has 0 aliphatic heterocycles. The zero-order chi connectivity index (χ0) is 19.0. The van der Waals surface area contributed by atoms with Crippen molar-refractivity contribution in [1.82, 2.24) is 4.98 Å². The molecule has 0 saturated heterocycles. The van der Waals surface area contributed by atoms with E-state index >= 15 is 0 Å². The molecule has 0 fully saturated rings. The lowest BCUT2D eigenvalue weighted by Gasteiger charge is -2.24. The van der Waals surface area contributed by atoms with Crippen molar-refractivity contribution < 1.29 is 5.11 Å². The van der Waals surface area contributed by atoms with Gasteiger partial charge in [-0.2, -0.15) is 0 Å². The van der Waals surface area contributed by atoms with Crippen LogP contribution in [0.15, 0.2) is 60.1 Å². The van der Waals surface area contributed by atoms with Gasteiger partial charge < -0.3 is 10.4 Å². The lowest BCUT2D eigenvalue weighted by atomic mass is 9.99. The number of hydrogen-bond donors (Lipinski definition) is 2. The number of benzene rings is 2. The van der Waals surface area contributed by atoms with E-state index in [-0.39, 0.29) is 11.8 Å². The van der Waals surface area contributed by atoms with Crippen LogP contribution in [0.25, 0.3) is 10.9 Å². The number of rotatable bonds is 4. The third kappa shape index (κ3) is 3.28. The van der Waals surface area contributed by atoms with E-state index < -0.39 is 0 Å². The second-order valence-electron chi connectivity index (χ2n) is 6.95. The van der Waals surface area contributed by atoms with Gasteiger partial charge in [-0.3, -0.25) is 4.98 Å². The minimum Gasteiger partial charge on any atom is -0.505 e. The van der Waals surface area contributed by atoms with Gasteiger partial charge in [0.2, 0.25) is 0 Å². The lowest BCUT2D eigenvalue weighted by molar-refractivity contribution is 0.472. The number of phenolic OH excluding ortho intramolecular Hbond substituents is 1. The summed E-state index contributed by atoms with van der Waals surface area (Å²) in [4.78, 5) is 5.54. The van der Waals surface area contributed by atoms with Crippen LogP contribution in [-0.2, 0) is 0 Å². The topological polar surface area (TPSA) is 45.2 Å². The molecule has 3 nitrogen and oxygen atoms in total. The van der Waals surface area contributed by atoms with Crippen LogP contribution in [0.3, 0.4) is 0 Å². The Kier molecular flexibility index (Phi) is 4.58. The van der Waals surface area contributed by atoms with Crippen LogP contribution in [0.1, 0.15) is 33.2 Å². The van der Waals surface area contributed by atoms with Gasteiger partial charge in [0.15, 0.2) is 0 Å². The zero-order valence-corrected chi connectivity index (χ0v) is 16.5. The van der Waals surface area contributed by atoms with E-state index in [0.29, 0.717) is 5.52 Å². The smallest absolute Gasteiger partial charge is 0.147 e. The second kappa shape index (κ2) is 7.05. The van der Waals surface area contributed by atoms with Crippen LogP contribution in [0.4, 0.5) is 5.69 Å². The molecular formula is C23H22N2OS. The minimum absolute atomic E-state index is 0.142. The Morgan fingerprint density at radius 2 is 1.78 bits per heavy atom. The Hall–Kier alpha value is -2.85. The van der Waals surface area contributed by atoms with E-state index in [1.54, 1.807) is 17.5 Å². The average molecular weight is 375 g/mol. The highest BCUT2D eigenvalue weighted by molar-refractivity contribution is 7.10. The number of anilines is 1. The summed E-state index contributed by atoms with van der Waals surface area (Å²) in [7, 11) is 0. The molecule has 4 heteroatoms. The normalized spacial score (nSPS) is 12.3. The predicted octanol–water partition coefficient (Wildman–Crippen LogP) is 6.13. The van der Waals surface area contributed by atoms with E-state index in [9.17, 15) is 5.11 Å². The summed E-state index contributed by atoms with van der Waals surface area (Å²) in [5.74, 6) is 0.237. The highest BCUT2D eigenvalue weighted by atomic mass is 32.1. The quantitative estimate of drug-likeness (QED) is 0.452. The summed E-state index contributed by atoms with van der Waals surface area (Å²) in [6.07, 6.45) is 1.72. The van der Waals surface area contributed by atoms with Gasteiger partial charge in [-0.15, -0.1) is 11.3 Å². The van der Waals surface area contributed by atoms with Crippen molar-refractivity contribution in [3.05, 3.63) is 87.2 Å². The van der Waals surface area contributed by atoms with Gasteiger partial charge in [0.1, 0.15) is 11.3 Å². The third-order valence-corrected chi connectivity index (χ3v) is 5.82. The summed E-state index contributed by atoms with van der Waals surface area (Å²) in [5.41, 5.74) is 6.24. The largest absolute Gasteiger partial charge is 0.505 e. The first-order chi connectivity index (χ1) is 13.0. The van der Waals surface area contributed by atoms with Gasteiger partial charge >= 0.3 is 0 Å². The first kappa shape index (κ1) is 17.6. The number of fused-ring (bicyclic) bond motifs is 1. The fourth-order valence-corrected chi connectivity index (χ4v) is 4.48. The number of nitrogens with one attached hydrogen (secondary N) is 1. The van der Waals surface area contributed by atoms with Crippen molar-refractivity contribution in [3.63, 3.8) is 0 Å². The molecule has 0 aliphatic rings. The number of nitrogens with zero attached hydrogens (tertiary/aromatic N) is 1. The van der Waals surface area contributed by atoms with Crippen LogP contribution in [0.2, 0.25) is 0 Å². The van der Waals surface area contributed by atoms with Crippen molar-refractivity contribution in [2.75, 3.05) is 5.32 Å². The maximum atomic E-state index is 11.0. The fraction of sp³-hybridized carbons (Fsp3) is 0.174. The predicted molar refractivity (Wildman–Crippen MR) is 114 cm³/mol. The monoisotopic (exact) mass is 374 g/mol. The maximum Gasteiger partial charge on any atom is 0.147 e. The first-order valence-electron chi connectivity index (χ1n) is 8.99. The Morgan fingerprint density at radius 1 is 1.00 bits per heavy atom. The molecule has 0 saturated carbocycles. The van der Waals surface area contributed by atoms with Crippen molar-refractivity contribution in [2.24, 2.45) is 0 Å². The molecule has 1 atom stereocenters. The number of phenols is 1. The molecule has 0 aliphatic carbocycles. The molecule has 0 spiro atoms. The van der Waals surface area contributed by atoms with Gasteiger partial charge in [0, 0.05) is 27.7 Å². The Balaban J connectivity index is 1.86. The van der Waals surface area contributed by atoms with E-state index in [2.05, 4.69) is 54.7 Å². The summed E-state index contributed by atoms with van der Waals surface area (Å²) in [6, 6.07) is 16.2. The SMILES string of the molecule is Cc1cc(C)c(NC(c2cccs2)c2ccc3cccnc3c2O)c(C)c1. The summed E-state index contributed by atoms with van der Waals surface area (Å²) in [5, 5.41) is 17.7. The summed E-state index contributed by atoms with van der Waals surface area (Å²) >= 11 is 1.68. The summed E-state index contributed by atoms with van der Waals surface area (Å²) in [6.45, 7) is 6.35. The van der Waals surface area contributed by atoms with Gasteiger partial charge in [-0.25, -0.2) is 0 Å². The van der Waals surface area contributed by atoms with Crippen molar-refractivity contribution in [2.45, 2.75) is 26.8 Å². The van der Waals surface area contributed by atoms with Crippen LogP contribution in [-0.4, -0.2) is 10.1 Å². The molecule has 1 unspecified atom stereocenters. The maximum absolute atomic E-state index is 11.0. The Labute approximate surface area is 163 Å². The molecule has 0 bridgehead atoms. The molecule has 0 radical (unpaired) electrons. The number of aromatic hydroxyl groups is 1. The van der Waals surface area contributed by atoms with Gasteiger partial charge in [-0.05, 0) is 49.4 Å². The fourth-order valence-electron chi connectivity index (χ4n) is 3.69. The van der Waals surface area contributed by atoms with E-state index in [1.807, 2.05) is 30.3 Å². The van der Waals surface area contributed by atoms with Gasteiger partial charge in [-0.1, -0.05) is 42.0 Å². The zero-order valence-electron chi connectivity index (χ0n) is 15.7. The molecule has 136 valence electrons. The number of aromatic nitrogens is 1. The van der Waals surface area contributed by atoms with Gasteiger partial charge in [0.05, 0.1) is 6.04 Å². The van der Waals surface area contributed by atoms with Gasteiger partial charge in [0.25, 0.3) is 0 Å². The van der Waals surface area contributed by atoms with Crippen LogP contribution < -0.4 is 5.32 Å². The van der Waals surface area contributed by atoms with E-state index in [0.717, 1.165) is 21.5 Å². The first-order valence-corrected chi connectivity index (χ1v) is 9.87. The lowest BCUT2D eigenvalue weighted by Crippen LogP contribution is -2.13. The molecule has 4 rings (SSSR count). The number of aryl methyl sites for hydroxylation is 3. The highest BCUT2D eigenvalue weighted by Crippen LogP contribution is 2.39. The standard InChI is InChI=1S/C23H22N2OS/c1-14-12-15(2)20(16(3)13-14)25-22(19-7-5-11-27-19)18-9-8-17-6-4-10-24-21(17)23(18)26/h4-13,22,25-26H,1-3H3. The van der Waals surface area contributed by atoms with Crippen molar-refractivity contribution >= 4 is 27.9 Å². The Morgan fingerprint density at radius 3 is 2.48 bits per heavy atom. The van der Waals surface area contributed by atoms with Crippen LogP contribution in [0, 0.1) is 20.8 Å². The molecule has 2 aromatic carbocycles. The molecular weight excluding hydrogens is 352 g/mol. The molecule has 2 heterocycles. The molecule has 27 heavy (non-hydrogen) atoms. The molecule has 0 amide bonds. The minimum atomic E-state index is -0.142. The molecule has 2 aromatic heterocycles. The van der Waals surface area contributed by atoms with Crippen molar-refractivity contribution in [3.8, 4) is 5.75 Å². The average Bonchev–Trinajstić information content (AvgIpc) is 3.17.